The molecule has 0 spiro atoms. The number of hydrogen-bond acceptors (Lipinski definition) is 6. The third kappa shape index (κ3) is 3.99. The fourth-order valence-corrected chi connectivity index (χ4v) is 4.14. The lowest BCUT2D eigenvalue weighted by molar-refractivity contribution is -0.125. The summed E-state index contributed by atoms with van der Waals surface area (Å²) in [5.74, 6) is 1.78. The van der Waals surface area contributed by atoms with Crippen molar-refractivity contribution in [3.63, 3.8) is 0 Å². The minimum atomic E-state index is -0.666. The van der Waals surface area contributed by atoms with Crippen molar-refractivity contribution in [1.29, 1.82) is 0 Å². The number of nitrogens with zero attached hydrogens (tertiary/aromatic N) is 2. The molecule has 0 bridgehead atoms. The molecule has 1 fully saturated rings. The summed E-state index contributed by atoms with van der Waals surface area (Å²) in [7, 11) is 0. The number of hydrogen-bond donors (Lipinski definition) is 1. The van der Waals surface area contributed by atoms with Gasteiger partial charge in [0, 0.05) is 18.5 Å². The minimum absolute atomic E-state index is 0.201. The number of piperidine rings is 1. The summed E-state index contributed by atoms with van der Waals surface area (Å²) < 4.78 is 11.3. The van der Waals surface area contributed by atoms with Crippen molar-refractivity contribution in [3.05, 3.63) is 35.3 Å². The van der Waals surface area contributed by atoms with Crippen LogP contribution in [0.5, 0.6) is 11.5 Å². The number of anilines is 1. The lowest BCUT2D eigenvalue weighted by Crippen LogP contribution is -2.40. The number of thiazole rings is 1. The lowest BCUT2D eigenvalue weighted by atomic mass is 10.0. The van der Waals surface area contributed by atoms with Crippen molar-refractivity contribution in [2.24, 2.45) is 5.92 Å². The summed E-state index contributed by atoms with van der Waals surface area (Å²) >= 11 is 1.45. The quantitative estimate of drug-likeness (QED) is 0.892. The molecule has 6 nitrogen and oxygen atoms in total. The highest BCUT2D eigenvalue weighted by Gasteiger charge is 2.28. The first-order chi connectivity index (χ1) is 12.7. The number of nitrogens with one attached hydrogen (secondary N) is 1. The van der Waals surface area contributed by atoms with Crippen LogP contribution in [0.3, 0.4) is 0 Å². The standard InChI is InChI=1S/C19H23N3O3S/c1-13-5-4-8-22(9-13)10-14-12-26-19(20-14)21-18(23)17-11-24-15-6-2-3-7-16(15)25-17/h2-3,6-7,12-13,17H,4-5,8-11H2,1H3,(H,20,21,23). The van der Waals surface area contributed by atoms with Gasteiger partial charge < -0.3 is 9.47 Å². The molecule has 1 aromatic heterocycles. The van der Waals surface area contributed by atoms with Crippen molar-refractivity contribution < 1.29 is 14.3 Å². The largest absolute Gasteiger partial charge is 0.485 e. The Morgan fingerprint density at radius 2 is 2.23 bits per heavy atom. The fraction of sp³-hybridized carbons (Fsp3) is 0.474. The van der Waals surface area contributed by atoms with Gasteiger partial charge in [-0.25, -0.2) is 4.98 Å². The van der Waals surface area contributed by atoms with Gasteiger partial charge in [0.15, 0.2) is 16.6 Å². The summed E-state index contributed by atoms with van der Waals surface area (Å²) in [4.78, 5) is 19.5. The molecule has 1 aromatic carbocycles. The fourth-order valence-electron chi connectivity index (χ4n) is 3.43. The molecule has 0 saturated carbocycles. The number of likely N-dealkylation sites (tertiary alicyclic amines) is 1. The van der Waals surface area contributed by atoms with Crippen molar-refractivity contribution in [2.45, 2.75) is 32.4 Å². The average Bonchev–Trinajstić information content (AvgIpc) is 3.08. The van der Waals surface area contributed by atoms with Gasteiger partial charge in [-0.3, -0.25) is 15.0 Å². The van der Waals surface area contributed by atoms with Crippen molar-refractivity contribution >= 4 is 22.4 Å². The van der Waals surface area contributed by atoms with Crippen LogP contribution in [0, 0.1) is 5.92 Å². The van der Waals surface area contributed by atoms with Gasteiger partial charge in [0.25, 0.3) is 5.91 Å². The predicted octanol–water partition coefficient (Wildman–Crippen LogP) is 3.15. The van der Waals surface area contributed by atoms with E-state index >= 15 is 0 Å². The van der Waals surface area contributed by atoms with Crippen LogP contribution < -0.4 is 14.8 Å². The number of ether oxygens (including phenoxy) is 2. The highest BCUT2D eigenvalue weighted by Crippen LogP contribution is 2.31. The van der Waals surface area contributed by atoms with Crippen LogP contribution in [0.15, 0.2) is 29.6 Å². The normalized spacial score (nSPS) is 22.8. The van der Waals surface area contributed by atoms with E-state index in [1.807, 2.05) is 23.6 Å². The van der Waals surface area contributed by atoms with Crippen LogP contribution in [0.2, 0.25) is 0 Å². The van der Waals surface area contributed by atoms with E-state index in [2.05, 4.69) is 22.1 Å². The predicted molar refractivity (Wildman–Crippen MR) is 101 cm³/mol. The molecule has 2 aliphatic heterocycles. The Hall–Kier alpha value is -2.12. The molecule has 1 amide bonds. The number of carbonyl (C=O) groups is 1. The molecule has 7 heteroatoms. The molecular formula is C19H23N3O3S. The first kappa shape index (κ1) is 17.3. The van der Waals surface area contributed by atoms with Crippen LogP contribution in [-0.4, -0.2) is 41.6 Å². The van der Waals surface area contributed by atoms with E-state index in [1.54, 1.807) is 6.07 Å². The smallest absolute Gasteiger partial charge is 0.270 e. The van der Waals surface area contributed by atoms with Crippen LogP contribution in [-0.2, 0) is 11.3 Å². The number of carbonyl (C=O) groups excluding carboxylic acids is 1. The molecule has 3 heterocycles. The Morgan fingerprint density at radius 3 is 3.08 bits per heavy atom. The Morgan fingerprint density at radius 1 is 1.38 bits per heavy atom. The summed E-state index contributed by atoms with van der Waals surface area (Å²) in [5.41, 5.74) is 1.01. The number of rotatable bonds is 4. The van der Waals surface area contributed by atoms with E-state index in [0.717, 1.165) is 31.2 Å². The van der Waals surface area contributed by atoms with Crippen molar-refractivity contribution in [3.8, 4) is 11.5 Å². The van der Waals surface area contributed by atoms with Gasteiger partial charge in [0.2, 0.25) is 6.10 Å². The Balaban J connectivity index is 1.33. The third-order valence-electron chi connectivity index (χ3n) is 4.71. The first-order valence-electron chi connectivity index (χ1n) is 9.03. The number of para-hydroxylation sites is 2. The van der Waals surface area contributed by atoms with Gasteiger partial charge in [-0.2, -0.15) is 0 Å². The van der Waals surface area contributed by atoms with Crippen LogP contribution >= 0.6 is 11.3 Å². The van der Waals surface area contributed by atoms with Gasteiger partial charge >= 0.3 is 0 Å². The van der Waals surface area contributed by atoms with Gasteiger partial charge in [-0.1, -0.05) is 19.1 Å². The zero-order chi connectivity index (χ0) is 17.9. The van der Waals surface area contributed by atoms with Gasteiger partial charge in [0.05, 0.1) is 5.69 Å². The van der Waals surface area contributed by atoms with E-state index in [1.165, 1.54) is 24.2 Å². The zero-order valence-electron chi connectivity index (χ0n) is 14.8. The van der Waals surface area contributed by atoms with Gasteiger partial charge in [-0.05, 0) is 37.4 Å². The number of fused-ring (bicyclic) bond motifs is 1. The zero-order valence-corrected chi connectivity index (χ0v) is 15.6. The highest BCUT2D eigenvalue weighted by molar-refractivity contribution is 7.13. The van der Waals surface area contributed by atoms with E-state index in [9.17, 15) is 4.79 Å². The van der Waals surface area contributed by atoms with Crippen LogP contribution in [0.1, 0.15) is 25.5 Å². The average molecular weight is 373 g/mol. The maximum Gasteiger partial charge on any atom is 0.270 e. The maximum absolute atomic E-state index is 12.5. The van der Waals surface area contributed by atoms with Crippen molar-refractivity contribution in [2.75, 3.05) is 25.0 Å². The SMILES string of the molecule is CC1CCCN(Cc2csc(NC(=O)C3COc4ccccc4O3)n2)C1. The van der Waals surface area contributed by atoms with Gasteiger partial charge in [-0.15, -0.1) is 11.3 Å². The molecule has 2 unspecified atom stereocenters. The van der Waals surface area contributed by atoms with E-state index in [4.69, 9.17) is 9.47 Å². The lowest BCUT2D eigenvalue weighted by Gasteiger charge is -2.30. The summed E-state index contributed by atoms with van der Waals surface area (Å²) in [6.07, 6.45) is 1.89. The molecule has 0 radical (unpaired) electrons. The van der Waals surface area contributed by atoms with E-state index < -0.39 is 6.10 Å². The van der Waals surface area contributed by atoms with E-state index in [0.29, 0.717) is 16.6 Å². The van der Waals surface area contributed by atoms with Crippen LogP contribution in [0.4, 0.5) is 5.13 Å². The molecule has 138 valence electrons. The van der Waals surface area contributed by atoms with Crippen molar-refractivity contribution in [1.82, 2.24) is 9.88 Å². The number of aromatic nitrogens is 1. The second-order valence-corrected chi connectivity index (χ2v) is 7.84. The molecule has 2 aromatic rings. The minimum Gasteiger partial charge on any atom is -0.485 e. The number of benzene rings is 1. The molecule has 4 rings (SSSR count). The molecule has 2 atom stereocenters. The summed E-state index contributed by atoms with van der Waals surface area (Å²) in [6.45, 7) is 5.57. The number of amides is 1. The Bertz CT molecular complexity index is 779. The monoisotopic (exact) mass is 373 g/mol. The Labute approximate surface area is 157 Å². The second kappa shape index (κ2) is 7.63. The summed E-state index contributed by atoms with van der Waals surface area (Å²) in [5, 5.41) is 5.48. The maximum atomic E-state index is 12.5. The molecule has 26 heavy (non-hydrogen) atoms. The first-order valence-corrected chi connectivity index (χ1v) is 9.91. The molecule has 0 aliphatic carbocycles. The third-order valence-corrected chi connectivity index (χ3v) is 5.52. The second-order valence-electron chi connectivity index (χ2n) is 6.98. The topological polar surface area (TPSA) is 63.7 Å². The Kier molecular flexibility index (Phi) is 5.08. The molecule has 2 aliphatic rings. The molecular weight excluding hydrogens is 350 g/mol. The molecule has 1 saturated heterocycles. The van der Waals surface area contributed by atoms with Gasteiger partial charge in [0.1, 0.15) is 6.61 Å². The highest BCUT2D eigenvalue weighted by atomic mass is 32.1. The van der Waals surface area contributed by atoms with Crippen LogP contribution in [0.25, 0.3) is 0 Å². The molecule has 1 N–H and O–H groups in total. The van der Waals surface area contributed by atoms with E-state index in [-0.39, 0.29) is 12.5 Å². The summed E-state index contributed by atoms with van der Waals surface area (Å²) in [6, 6.07) is 7.37.